The second-order valence-electron chi connectivity index (χ2n) is 6.68. The zero-order chi connectivity index (χ0) is 22.1. The van der Waals surface area contributed by atoms with Crippen LogP contribution in [0.3, 0.4) is 0 Å². The van der Waals surface area contributed by atoms with Gasteiger partial charge in [-0.05, 0) is 36.8 Å². The molecule has 30 heavy (non-hydrogen) atoms. The lowest BCUT2D eigenvalue weighted by atomic mass is 9.92. The van der Waals surface area contributed by atoms with Crippen LogP contribution >= 0.6 is 0 Å². The second-order valence-corrected chi connectivity index (χ2v) is 6.68. The van der Waals surface area contributed by atoms with Crippen LogP contribution in [0.4, 0.5) is 4.39 Å². The van der Waals surface area contributed by atoms with Crippen molar-refractivity contribution in [3.8, 4) is 17.2 Å². The fraction of sp³-hybridized carbons (Fsp3) is 0.238. The van der Waals surface area contributed by atoms with E-state index in [0.717, 1.165) is 12.1 Å². The highest BCUT2D eigenvalue weighted by molar-refractivity contribution is 6.02. The molecule has 0 fully saturated rings. The molecule has 0 saturated carbocycles. The Kier molecular flexibility index (Phi) is 5.55. The van der Waals surface area contributed by atoms with Crippen LogP contribution in [0.25, 0.3) is 10.9 Å². The van der Waals surface area contributed by atoms with Crippen molar-refractivity contribution >= 4 is 22.8 Å². The van der Waals surface area contributed by atoms with Gasteiger partial charge in [0.25, 0.3) is 5.91 Å². The van der Waals surface area contributed by atoms with Crippen LogP contribution in [0.2, 0.25) is 0 Å². The number of methoxy groups -OCH3 is 3. The Morgan fingerprint density at radius 1 is 1.03 bits per heavy atom. The summed E-state index contributed by atoms with van der Waals surface area (Å²) in [5.74, 6) is -1.37. The lowest BCUT2D eigenvalue weighted by Crippen LogP contribution is -2.49. The average molecular weight is 416 g/mol. The second kappa shape index (κ2) is 7.94. The number of benzene rings is 2. The number of rotatable bonds is 7. The lowest BCUT2D eigenvalue weighted by Gasteiger charge is -2.26. The molecule has 0 aliphatic carbocycles. The highest BCUT2D eigenvalue weighted by Gasteiger charge is 2.37. The zero-order valence-electron chi connectivity index (χ0n) is 16.8. The van der Waals surface area contributed by atoms with E-state index < -0.39 is 23.2 Å². The van der Waals surface area contributed by atoms with Gasteiger partial charge in [0.2, 0.25) is 5.75 Å². The number of ether oxygens (including phenoxy) is 3. The number of nitrogens with one attached hydrogen (secondary N) is 2. The SMILES string of the molecule is COc1cc2cc(C(=O)NC(C)(C(=O)O)c3ccc(F)cc3)[nH]c2c(OC)c1OC. The molecule has 1 atom stereocenters. The number of carboxylic acids is 1. The summed E-state index contributed by atoms with van der Waals surface area (Å²) in [6.07, 6.45) is 0. The third-order valence-electron chi connectivity index (χ3n) is 4.88. The topological polar surface area (TPSA) is 110 Å². The molecule has 158 valence electrons. The van der Waals surface area contributed by atoms with Crippen LogP contribution in [-0.2, 0) is 10.3 Å². The number of carbonyl (C=O) groups is 2. The molecule has 1 aromatic heterocycles. The standard InChI is InChI=1S/C21H21FN2O6/c1-21(20(26)27,12-5-7-13(22)8-6-12)24-19(25)14-9-11-10-15(28-2)17(29-3)18(30-4)16(11)23-14/h5-10,23H,1-4H3,(H,24,25)(H,26,27). The number of carboxylic acid groups (broad SMARTS) is 1. The molecule has 2 aromatic carbocycles. The molecule has 0 aliphatic heterocycles. The number of amides is 1. The van der Waals surface area contributed by atoms with Gasteiger partial charge in [0.05, 0.1) is 26.8 Å². The summed E-state index contributed by atoms with van der Waals surface area (Å²) < 4.78 is 29.3. The van der Waals surface area contributed by atoms with E-state index in [9.17, 15) is 19.1 Å². The normalized spacial score (nSPS) is 12.8. The number of halogens is 1. The first-order valence-electron chi connectivity index (χ1n) is 8.88. The van der Waals surface area contributed by atoms with Gasteiger partial charge >= 0.3 is 5.97 Å². The minimum Gasteiger partial charge on any atom is -0.493 e. The van der Waals surface area contributed by atoms with Crippen molar-refractivity contribution in [2.24, 2.45) is 0 Å². The van der Waals surface area contributed by atoms with Gasteiger partial charge in [0.15, 0.2) is 17.0 Å². The van der Waals surface area contributed by atoms with Crippen molar-refractivity contribution in [2.75, 3.05) is 21.3 Å². The number of aromatic nitrogens is 1. The third kappa shape index (κ3) is 3.49. The summed E-state index contributed by atoms with van der Waals surface area (Å²) >= 11 is 0. The van der Waals surface area contributed by atoms with Gasteiger partial charge in [-0.25, -0.2) is 9.18 Å². The Balaban J connectivity index is 2.03. The maximum atomic E-state index is 13.2. The van der Waals surface area contributed by atoms with Crippen molar-refractivity contribution in [3.63, 3.8) is 0 Å². The summed E-state index contributed by atoms with van der Waals surface area (Å²) in [7, 11) is 4.39. The van der Waals surface area contributed by atoms with Gasteiger partial charge < -0.3 is 29.6 Å². The minimum absolute atomic E-state index is 0.105. The van der Waals surface area contributed by atoms with Crippen LogP contribution in [0.15, 0.2) is 36.4 Å². The Morgan fingerprint density at radius 2 is 1.67 bits per heavy atom. The van der Waals surface area contributed by atoms with Crippen LogP contribution in [0, 0.1) is 5.82 Å². The monoisotopic (exact) mass is 416 g/mol. The molecule has 1 unspecified atom stereocenters. The van der Waals surface area contributed by atoms with Crippen LogP contribution < -0.4 is 19.5 Å². The first kappa shape index (κ1) is 21.0. The van der Waals surface area contributed by atoms with Gasteiger partial charge in [-0.1, -0.05) is 12.1 Å². The molecule has 0 saturated heterocycles. The van der Waals surface area contributed by atoms with Gasteiger partial charge in [0.1, 0.15) is 11.5 Å². The van der Waals surface area contributed by atoms with Gasteiger partial charge in [-0.2, -0.15) is 0 Å². The first-order chi connectivity index (χ1) is 14.2. The number of H-pyrrole nitrogens is 1. The summed E-state index contributed by atoms with van der Waals surface area (Å²) in [5.41, 5.74) is -0.962. The quantitative estimate of drug-likeness (QED) is 0.546. The molecular formula is C21H21FN2O6. The average Bonchev–Trinajstić information content (AvgIpc) is 3.16. The predicted octanol–water partition coefficient (Wildman–Crippen LogP) is 3.06. The molecule has 0 aliphatic rings. The Bertz CT molecular complexity index is 1110. The van der Waals surface area contributed by atoms with E-state index in [4.69, 9.17) is 14.2 Å². The van der Waals surface area contributed by atoms with E-state index in [2.05, 4.69) is 10.3 Å². The maximum absolute atomic E-state index is 13.2. The zero-order valence-corrected chi connectivity index (χ0v) is 16.8. The fourth-order valence-electron chi connectivity index (χ4n) is 3.19. The number of hydrogen-bond acceptors (Lipinski definition) is 5. The van der Waals surface area contributed by atoms with E-state index in [1.165, 1.54) is 40.4 Å². The molecule has 3 N–H and O–H groups in total. The molecule has 1 amide bonds. The van der Waals surface area contributed by atoms with Crippen molar-refractivity contribution in [3.05, 3.63) is 53.5 Å². The van der Waals surface area contributed by atoms with E-state index in [-0.39, 0.29) is 11.3 Å². The third-order valence-corrected chi connectivity index (χ3v) is 4.88. The van der Waals surface area contributed by atoms with Crippen LogP contribution in [-0.4, -0.2) is 43.3 Å². The summed E-state index contributed by atoms with van der Waals surface area (Å²) in [5, 5.41) is 12.8. The highest BCUT2D eigenvalue weighted by atomic mass is 19.1. The summed E-state index contributed by atoms with van der Waals surface area (Å²) in [6, 6.07) is 8.11. The van der Waals surface area contributed by atoms with Crippen molar-refractivity contribution in [2.45, 2.75) is 12.5 Å². The molecule has 0 spiro atoms. The number of hydrogen-bond donors (Lipinski definition) is 3. The Morgan fingerprint density at radius 3 is 2.20 bits per heavy atom. The maximum Gasteiger partial charge on any atom is 0.333 e. The Labute approximate surface area is 171 Å². The summed E-state index contributed by atoms with van der Waals surface area (Å²) in [6.45, 7) is 1.33. The summed E-state index contributed by atoms with van der Waals surface area (Å²) in [4.78, 5) is 27.8. The fourth-order valence-corrected chi connectivity index (χ4v) is 3.19. The van der Waals surface area contributed by atoms with E-state index >= 15 is 0 Å². The van der Waals surface area contributed by atoms with Gasteiger partial charge in [-0.3, -0.25) is 4.79 Å². The molecule has 1 heterocycles. The molecule has 3 rings (SSSR count). The molecular weight excluding hydrogens is 395 g/mol. The van der Waals surface area contributed by atoms with Crippen LogP contribution in [0.5, 0.6) is 17.2 Å². The molecule has 0 bridgehead atoms. The Hall–Kier alpha value is -3.75. The van der Waals surface area contributed by atoms with E-state index in [1.54, 1.807) is 12.1 Å². The van der Waals surface area contributed by atoms with E-state index in [0.29, 0.717) is 28.2 Å². The molecule has 3 aromatic rings. The minimum atomic E-state index is -1.78. The van der Waals surface area contributed by atoms with Crippen LogP contribution in [0.1, 0.15) is 23.0 Å². The number of fused-ring (bicyclic) bond motifs is 1. The van der Waals surface area contributed by atoms with E-state index in [1.807, 2.05) is 0 Å². The van der Waals surface area contributed by atoms with Crippen molar-refractivity contribution < 1.29 is 33.3 Å². The lowest BCUT2D eigenvalue weighted by molar-refractivity contribution is -0.144. The largest absolute Gasteiger partial charge is 0.493 e. The molecule has 0 radical (unpaired) electrons. The number of carbonyl (C=O) groups excluding carboxylic acids is 1. The number of aliphatic carboxylic acids is 1. The number of aromatic amines is 1. The molecule has 9 heteroatoms. The van der Waals surface area contributed by atoms with Gasteiger partial charge in [-0.15, -0.1) is 0 Å². The van der Waals surface area contributed by atoms with Crippen molar-refractivity contribution in [1.29, 1.82) is 0 Å². The smallest absolute Gasteiger partial charge is 0.333 e. The predicted molar refractivity (Wildman–Crippen MR) is 107 cm³/mol. The van der Waals surface area contributed by atoms with Gasteiger partial charge in [0, 0.05) is 5.39 Å². The van der Waals surface area contributed by atoms with Crippen molar-refractivity contribution in [1.82, 2.24) is 10.3 Å². The highest BCUT2D eigenvalue weighted by Crippen LogP contribution is 2.43. The first-order valence-corrected chi connectivity index (χ1v) is 8.88. The molecule has 8 nitrogen and oxygen atoms in total.